The Kier molecular flexibility index (Phi) is 5.53. The van der Waals surface area contributed by atoms with Crippen molar-refractivity contribution >= 4 is 27.5 Å². The topological polar surface area (TPSA) is 34.0 Å². The summed E-state index contributed by atoms with van der Waals surface area (Å²) in [5, 5.41) is 5.03. The molecule has 0 saturated carbocycles. The van der Waals surface area contributed by atoms with Gasteiger partial charge in [0.1, 0.15) is 11.5 Å². The number of carbonyl (C=O) groups is 1. The molecule has 28 heavy (non-hydrogen) atoms. The molecule has 0 bridgehead atoms. The van der Waals surface area contributed by atoms with Gasteiger partial charge in [-0.25, -0.2) is 4.39 Å². The first-order chi connectivity index (χ1) is 13.7. The molecule has 0 spiro atoms. The predicted octanol–water partition coefficient (Wildman–Crippen LogP) is 5.06. The SMILES string of the molecule is O=C(NCCc1cccc(F)c1)c1cc2sccc2n1CCc1ccccc1. The highest BCUT2D eigenvalue weighted by Gasteiger charge is 2.16. The van der Waals surface area contributed by atoms with Gasteiger partial charge in [-0.15, -0.1) is 11.3 Å². The van der Waals surface area contributed by atoms with E-state index >= 15 is 0 Å². The molecule has 0 atom stereocenters. The number of fused-ring (bicyclic) bond motifs is 1. The first-order valence-electron chi connectivity index (χ1n) is 9.34. The Bertz CT molecular complexity index is 1080. The Hall–Kier alpha value is -2.92. The molecule has 2 heterocycles. The number of nitrogens with one attached hydrogen (secondary N) is 1. The number of rotatable bonds is 7. The van der Waals surface area contributed by atoms with Crippen molar-refractivity contribution in [2.24, 2.45) is 0 Å². The van der Waals surface area contributed by atoms with E-state index in [4.69, 9.17) is 0 Å². The lowest BCUT2D eigenvalue weighted by Crippen LogP contribution is -2.28. The van der Waals surface area contributed by atoms with Crippen molar-refractivity contribution in [3.05, 3.63) is 94.7 Å². The second-order valence-electron chi connectivity index (χ2n) is 6.72. The molecule has 4 aromatic rings. The zero-order chi connectivity index (χ0) is 19.3. The van der Waals surface area contributed by atoms with Crippen molar-refractivity contribution < 1.29 is 9.18 Å². The van der Waals surface area contributed by atoms with E-state index in [9.17, 15) is 9.18 Å². The third kappa shape index (κ3) is 4.15. The van der Waals surface area contributed by atoms with Crippen LogP contribution in [0.3, 0.4) is 0 Å². The van der Waals surface area contributed by atoms with Gasteiger partial charge in [-0.1, -0.05) is 42.5 Å². The molecule has 3 nitrogen and oxygen atoms in total. The molecule has 0 aliphatic carbocycles. The van der Waals surface area contributed by atoms with Crippen molar-refractivity contribution in [3.8, 4) is 0 Å². The van der Waals surface area contributed by atoms with Gasteiger partial charge in [0, 0.05) is 13.1 Å². The average molecular weight is 392 g/mol. The number of aromatic nitrogens is 1. The maximum absolute atomic E-state index is 13.3. The third-order valence-corrected chi connectivity index (χ3v) is 5.66. The number of halogens is 1. The molecule has 2 aromatic heterocycles. The molecule has 5 heteroatoms. The van der Waals surface area contributed by atoms with Crippen molar-refractivity contribution in [1.29, 1.82) is 0 Å². The summed E-state index contributed by atoms with van der Waals surface area (Å²) in [6, 6.07) is 20.8. The molecule has 0 aliphatic heterocycles. The van der Waals surface area contributed by atoms with E-state index in [-0.39, 0.29) is 11.7 Å². The van der Waals surface area contributed by atoms with Gasteiger partial charge in [0.15, 0.2) is 0 Å². The minimum atomic E-state index is -0.251. The summed E-state index contributed by atoms with van der Waals surface area (Å²) < 4.78 is 16.5. The molecule has 2 aromatic carbocycles. The van der Waals surface area contributed by atoms with Crippen LogP contribution in [0, 0.1) is 5.82 Å². The van der Waals surface area contributed by atoms with E-state index in [0.29, 0.717) is 18.7 Å². The van der Waals surface area contributed by atoms with Gasteiger partial charge in [-0.3, -0.25) is 4.79 Å². The number of hydrogen-bond acceptors (Lipinski definition) is 2. The fourth-order valence-corrected chi connectivity index (χ4v) is 4.22. The van der Waals surface area contributed by atoms with Crippen molar-refractivity contribution in [2.45, 2.75) is 19.4 Å². The molecular weight excluding hydrogens is 371 g/mol. The Labute approximate surface area is 167 Å². The van der Waals surface area contributed by atoms with Crippen LogP contribution in [0.15, 0.2) is 72.1 Å². The summed E-state index contributed by atoms with van der Waals surface area (Å²) >= 11 is 1.64. The first kappa shape index (κ1) is 18.4. The molecule has 1 amide bonds. The van der Waals surface area contributed by atoms with Gasteiger partial charge >= 0.3 is 0 Å². The molecule has 1 N–H and O–H groups in total. The van der Waals surface area contributed by atoms with Crippen LogP contribution in [-0.4, -0.2) is 17.0 Å². The maximum Gasteiger partial charge on any atom is 0.267 e. The minimum Gasteiger partial charge on any atom is -0.350 e. The summed E-state index contributed by atoms with van der Waals surface area (Å²) in [4.78, 5) is 12.8. The normalized spacial score (nSPS) is 11.0. The predicted molar refractivity (Wildman–Crippen MR) is 112 cm³/mol. The molecule has 142 valence electrons. The summed E-state index contributed by atoms with van der Waals surface area (Å²) in [5.74, 6) is -0.341. The van der Waals surface area contributed by atoms with Crippen LogP contribution in [0.4, 0.5) is 4.39 Å². The Morgan fingerprint density at radius 3 is 2.61 bits per heavy atom. The molecule has 0 radical (unpaired) electrons. The standard InChI is InChI=1S/C23H21FN2OS/c24-19-8-4-7-18(15-19)9-12-25-23(27)21-16-22-20(11-14-28-22)26(21)13-10-17-5-2-1-3-6-17/h1-8,11,14-16H,9-10,12-13H2,(H,25,27). The average Bonchev–Trinajstić information content (AvgIpc) is 3.29. The van der Waals surface area contributed by atoms with Gasteiger partial charge in [0.2, 0.25) is 0 Å². The van der Waals surface area contributed by atoms with E-state index in [1.54, 1.807) is 17.4 Å². The fraction of sp³-hybridized carbons (Fsp3) is 0.174. The Morgan fingerprint density at radius 1 is 0.964 bits per heavy atom. The van der Waals surface area contributed by atoms with Gasteiger partial charge in [0.25, 0.3) is 5.91 Å². The second kappa shape index (κ2) is 8.40. The quantitative estimate of drug-likeness (QED) is 0.469. The van der Waals surface area contributed by atoms with E-state index in [0.717, 1.165) is 28.7 Å². The highest BCUT2D eigenvalue weighted by atomic mass is 32.1. The Balaban J connectivity index is 1.46. The minimum absolute atomic E-state index is 0.0899. The van der Waals surface area contributed by atoms with E-state index in [2.05, 4.69) is 33.5 Å². The number of benzene rings is 2. The van der Waals surface area contributed by atoms with Gasteiger partial charge in [-0.05, 0) is 53.6 Å². The van der Waals surface area contributed by atoms with E-state index < -0.39 is 0 Å². The lowest BCUT2D eigenvalue weighted by atomic mass is 10.1. The van der Waals surface area contributed by atoms with Crippen LogP contribution in [0.25, 0.3) is 10.2 Å². The summed E-state index contributed by atoms with van der Waals surface area (Å²) in [6.07, 6.45) is 1.46. The number of nitrogens with zero attached hydrogens (tertiary/aromatic N) is 1. The van der Waals surface area contributed by atoms with Gasteiger partial charge < -0.3 is 9.88 Å². The van der Waals surface area contributed by atoms with Crippen molar-refractivity contribution in [2.75, 3.05) is 6.54 Å². The van der Waals surface area contributed by atoms with Crippen LogP contribution < -0.4 is 5.32 Å². The molecular formula is C23H21FN2OS. The first-order valence-corrected chi connectivity index (χ1v) is 10.2. The highest BCUT2D eigenvalue weighted by Crippen LogP contribution is 2.25. The number of thiophene rings is 1. The molecule has 0 aliphatic rings. The maximum atomic E-state index is 13.3. The monoisotopic (exact) mass is 392 g/mol. The molecule has 0 unspecified atom stereocenters. The van der Waals surface area contributed by atoms with Crippen LogP contribution in [-0.2, 0) is 19.4 Å². The van der Waals surface area contributed by atoms with Crippen LogP contribution in [0.2, 0.25) is 0 Å². The number of amides is 1. The van der Waals surface area contributed by atoms with Crippen LogP contribution >= 0.6 is 11.3 Å². The van der Waals surface area contributed by atoms with E-state index in [1.807, 2.05) is 30.3 Å². The largest absolute Gasteiger partial charge is 0.350 e. The Morgan fingerprint density at radius 2 is 1.79 bits per heavy atom. The lowest BCUT2D eigenvalue weighted by molar-refractivity contribution is 0.0945. The van der Waals surface area contributed by atoms with Crippen LogP contribution in [0.1, 0.15) is 21.6 Å². The third-order valence-electron chi connectivity index (χ3n) is 4.81. The number of hydrogen-bond donors (Lipinski definition) is 1. The number of aryl methyl sites for hydroxylation is 2. The van der Waals surface area contributed by atoms with Crippen molar-refractivity contribution in [3.63, 3.8) is 0 Å². The molecule has 0 fully saturated rings. The second-order valence-corrected chi connectivity index (χ2v) is 7.67. The zero-order valence-electron chi connectivity index (χ0n) is 15.4. The molecule has 0 saturated heterocycles. The zero-order valence-corrected chi connectivity index (χ0v) is 16.2. The molecule has 4 rings (SSSR count). The fourth-order valence-electron chi connectivity index (χ4n) is 3.40. The van der Waals surface area contributed by atoms with Crippen LogP contribution in [0.5, 0.6) is 0 Å². The van der Waals surface area contributed by atoms with Gasteiger partial charge in [0.05, 0.1) is 10.2 Å². The van der Waals surface area contributed by atoms with Crippen molar-refractivity contribution in [1.82, 2.24) is 9.88 Å². The smallest absolute Gasteiger partial charge is 0.267 e. The van der Waals surface area contributed by atoms with E-state index in [1.165, 1.54) is 17.7 Å². The summed E-state index contributed by atoms with van der Waals surface area (Å²) in [5.41, 5.74) is 3.89. The summed E-state index contributed by atoms with van der Waals surface area (Å²) in [7, 11) is 0. The summed E-state index contributed by atoms with van der Waals surface area (Å²) in [6.45, 7) is 1.22. The van der Waals surface area contributed by atoms with Gasteiger partial charge in [-0.2, -0.15) is 0 Å². The highest BCUT2D eigenvalue weighted by molar-refractivity contribution is 7.17. The lowest BCUT2D eigenvalue weighted by Gasteiger charge is -2.11. The number of carbonyl (C=O) groups excluding carboxylic acids is 1.